The highest BCUT2D eigenvalue weighted by Gasteiger charge is 1.90. The zero-order valence-electron chi connectivity index (χ0n) is 5.40. The second kappa shape index (κ2) is 3.38. The highest BCUT2D eigenvalue weighted by molar-refractivity contribution is 7.07. The van der Waals surface area contributed by atoms with E-state index in [1.54, 1.807) is 4.57 Å². The first kappa shape index (κ1) is 7.30. The Morgan fingerprint density at radius 3 is 3.20 bits per heavy atom. The summed E-state index contributed by atoms with van der Waals surface area (Å²) >= 11 is 1.45. The molecule has 0 saturated heterocycles. The molecule has 0 aliphatic rings. The van der Waals surface area contributed by atoms with E-state index in [-0.39, 0.29) is 6.61 Å². The van der Waals surface area contributed by atoms with Crippen LogP contribution in [0.5, 0.6) is 0 Å². The van der Waals surface area contributed by atoms with Crippen molar-refractivity contribution in [2.75, 3.05) is 6.61 Å². The summed E-state index contributed by atoms with van der Waals surface area (Å²) < 4.78 is 1.80. The number of aliphatic hydroxyl groups is 1. The monoisotopic (exact) mass is 159 g/mol. The van der Waals surface area contributed by atoms with Gasteiger partial charge in [-0.3, -0.25) is 0 Å². The molecule has 3 N–H and O–H groups in total. The van der Waals surface area contributed by atoms with Gasteiger partial charge in [0, 0.05) is 18.1 Å². The smallest absolute Gasteiger partial charge is 0.207 e. The van der Waals surface area contributed by atoms with Crippen LogP contribution in [0.2, 0.25) is 0 Å². The normalized spacial score (nSPS) is 12.3. The molecule has 0 amide bonds. The van der Waals surface area contributed by atoms with Gasteiger partial charge in [0.05, 0.1) is 6.61 Å². The van der Waals surface area contributed by atoms with Crippen molar-refractivity contribution in [1.29, 1.82) is 0 Å². The molecule has 4 nitrogen and oxygen atoms in total. The van der Waals surface area contributed by atoms with Crippen molar-refractivity contribution >= 4 is 11.3 Å². The molecule has 56 valence electrons. The molecular weight excluding hydrogens is 150 g/mol. The molecule has 0 spiro atoms. The summed E-state index contributed by atoms with van der Waals surface area (Å²) in [4.78, 5) is 0.731. The van der Waals surface area contributed by atoms with E-state index in [9.17, 15) is 0 Å². The molecule has 0 atom stereocenters. The minimum Gasteiger partial charge on any atom is -0.395 e. The van der Waals surface area contributed by atoms with Gasteiger partial charge in [-0.05, 0) is 0 Å². The van der Waals surface area contributed by atoms with E-state index in [2.05, 4.69) is 5.10 Å². The Morgan fingerprint density at radius 2 is 2.60 bits per heavy atom. The third-order valence-corrected chi connectivity index (χ3v) is 1.92. The van der Waals surface area contributed by atoms with Gasteiger partial charge in [0.15, 0.2) is 0 Å². The van der Waals surface area contributed by atoms with Gasteiger partial charge in [0.2, 0.25) is 4.80 Å². The lowest BCUT2D eigenvalue weighted by molar-refractivity contribution is 0.274. The maximum absolute atomic E-state index is 8.56. The lowest BCUT2D eigenvalue weighted by Crippen LogP contribution is -2.17. The molecule has 1 rings (SSSR count). The average Bonchev–Trinajstić information content (AvgIpc) is 2.36. The summed E-state index contributed by atoms with van der Waals surface area (Å²) in [6.45, 7) is 0.670. The summed E-state index contributed by atoms with van der Waals surface area (Å²) in [5, 5.41) is 14.0. The first-order chi connectivity index (χ1) is 4.88. The van der Waals surface area contributed by atoms with Gasteiger partial charge in [-0.25, -0.2) is 0 Å². The van der Waals surface area contributed by atoms with Crippen molar-refractivity contribution in [2.45, 2.75) is 6.54 Å². The number of rotatable bonds is 2. The molecular formula is C5H9N3OS. The first-order valence-electron chi connectivity index (χ1n) is 2.87. The number of hydrogen-bond acceptors (Lipinski definition) is 4. The largest absolute Gasteiger partial charge is 0.395 e. The van der Waals surface area contributed by atoms with Crippen LogP contribution in [0.1, 0.15) is 0 Å². The Balaban J connectivity index is 2.91. The SMILES string of the molecule is NN=c1sccn1CCO. The molecule has 0 aliphatic carbocycles. The fraction of sp³-hybridized carbons (Fsp3) is 0.400. The van der Waals surface area contributed by atoms with Crippen LogP contribution in [0.15, 0.2) is 16.7 Å². The van der Waals surface area contributed by atoms with Crippen LogP contribution < -0.4 is 10.6 Å². The number of aromatic nitrogens is 1. The standard InChI is InChI=1S/C5H9N3OS/c6-7-5-8(1-3-9)2-4-10-5/h2,4,9H,1,3,6H2. The molecule has 0 aliphatic heterocycles. The Bertz CT molecular complexity index is 251. The Morgan fingerprint density at radius 1 is 1.80 bits per heavy atom. The van der Waals surface area contributed by atoms with Crippen molar-refractivity contribution in [3.8, 4) is 0 Å². The van der Waals surface area contributed by atoms with Gasteiger partial charge in [0.1, 0.15) is 0 Å². The zero-order chi connectivity index (χ0) is 7.40. The van der Waals surface area contributed by atoms with Gasteiger partial charge in [-0.15, -0.1) is 11.3 Å². The second-order valence-corrected chi connectivity index (χ2v) is 2.60. The topological polar surface area (TPSA) is 63.5 Å². The van der Waals surface area contributed by atoms with E-state index in [0.717, 1.165) is 4.80 Å². The molecule has 0 saturated carbocycles. The lowest BCUT2D eigenvalue weighted by Gasteiger charge is -1.95. The van der Waals surface area contributed by atoms with Crippen LogP contribution in [-0.4, -0.2) is 16.3 Å². The van der Waals surface area contributed by atoms with Crippen molar-refractivity contribution < 1.29 is 5.11 Å². The third kappa shape index (κ3) is 1.37. The molecule has 0 radical (unpaired) electrons. The zero-order valence-corrected chi connectivity index (χ0v) is 6.21. The van der Waals surface area contributed by atoms with Crippen molar-refractivity contribution in [1.82, 2.24) is 4.57 Å². The van der Waals surface area contributed by atoms with E-state index >= 15 is 0 Å². The summed E-state index contributed by atoms with van der Waals surface area (Å²) in [6, 6.07) is 0. The van der Waals surface area contributed by atoms with Crippen LogP contribution in [0.4, 0.5) is 0 Å². The van der Waals surface area contributed by atoms with Crippen LogP contribution in [0, 0.1) is 0 Å². The van der Waals surface area contributed by atoms with Crippen LogP contribution in [-0.2, 0) is 6.54 Å². The fourth-order valence-corrected chi connectivity index (χ4v) is 1.36. The highest BCUT2D eigenvalue weighted by atomic mass is 32.1. The average molecular weight is 159 g/mol. The predicted molar refractivity (Wildman–Crippen MR) is 39.1 cm³/mol. The Kier molecular flexibility index (Phi) is 2.47. The van der Waals surface area contributed by atoms with E-state index in [4.69, 9.17) is 10.9 Å². The summed E-state index contributed by atoms with van der Waals surface area (Å²) in [7, 11) is 0. The summed E-state index contributed by atoms with van der Waals surface area (Å²) in [6.07, 6.45) is 1.84. The lowest BCUT2D eigenvalue weighted by atomic mass is 10.7. The summed E-state index contributed by atoms with van der Waals surface area (Å²) in [5.41, 5.74) is 0. The van der Waals surface area contributed by atoms with E-state index in [1.165, 1.54) is 11.3 Å². The number of nitrogens with zero attached hydrogens (tertiary/aromatic N) is 2. The molecule has 0 bridgehead atoms. The first-order valence-corrected chi connectivity index (χ1v) is 3.75. The second-order valence-electron chi connectivity index (χ2n) is 1.73. The van der Waals surface area contributed by atoms with Crippen LogP contribution >= 0.6 is 11.3 Å². The van der Waals surface area contributed by atoms with Crippen molar-refractivity contribution in [3.63, 3.8) is 0 Å². The van der Waals surface area contributed by atoms with Crippen LogP contribution in [0.3, 0.4) is 0 Å². The molecule has 0 unspecified atom stereocenters. The minimum absolute atomic E-state index is 0.115. The third-order valence-electron chi connectivity index (χ3n) is 1.11. The molecule has 1 heterocycles. The van der Waals surface area contributed by atoms with Gasteiger partial charge in [0.25, 0.3) is 0 Å². The van der Waals surface area contributed by atoms with Gasteiger partial charge in [-0.2, -0.15) is 5.10 Å². The highest BCUT2D eigenvalue weighted by Crippen LogP contribution is 1.87. The number of nitrogens with two attached hydrogens (primary N) is 1. The predicted octanol–water partition coefficient (Wildman–Crippen LogP) is -0.684. The van der Waals surface area contributed by atoms with Crippen molar-refractivity contribution in [3.05, 3.63) is 16.4 Å². The Labute approximate surface area is 62.2 Å². The summed E-state index contributed by atoms with van der Waals surface area (Å²) in [5.74, 6) is 5.06. The number of aliphatic hydroxyl groups excluding tert-OH is 1. The quantitative estimate of drug-likeness (QED) is 0.443. The van der Waals surface area contributed by atoms with Crippen molar-refractivity contribution in [2.24, 2.45) is 10.9 Å². The Hall–Kier alpha value is -0.810. The molecule has 10 heavy (non-hydrogen) atoms. The van der Waals surface area contributed by atoms with Crippen LogP contribution in [0.25, 0.3) is 0 Å². The van der Waals surface area contributed by atoms with E-state index < -0.39 is 0 Å². The maximum Gasteiger partial charge on any atom is 0.207 e. The molecule has 5 heteroatoms. The number of hydrogen-bond donors (Lipinski definition) is 2. The van der Waals surface area contributed by atoms with E-state index in [0.29, 0.717) is 6.54 Å². The minimum atomic E-state index is 0.115. The fourth-order valence-electron chi connectivity index (χ4n) is 0.679. The molecule has 0 fully saturated rings. The van der Waals surface area contributed by atoms with E-state index in [1.807, 2.05) is 11.6 Å². The van der Waals surface area contributed by atoms with Gasteiger partial charge >= 0.3 is 0 Å². The van der Waals surface area contributed by atoms with Gasteiger partial charge in [-0.1, -0.05) is 0 Å². The van der Waals surface area contributed by atoms with Gasteiger partial charge < -0.3 is 15.5 Å². The molecule has 1 aromatic rings. The molecule has 1 aromatic heterocycles. The maximum atomic E-state index is 8.56. The number of thiazole rings is 1. The molecule has 0 aromatic carbocycles.